The van der Waals surface area contributed by atoms with Crippen LogP contribution in [0.25, 0.3) is 0 Å². The molecule has 0 radical (unpaired) electrons. The molecule has 0 saturated carbocycles. The highest BCUT2D eigenvalue weighted by Gasteiger charge is 2.51. The third kappa shape index (κ3) is 4.08. The lowest BCUT2D eigenvalue weighted by molar-refractivity contribution is -0.154. The lowest BCUT2D eigenvalue weighted by atomic mass is 9.82. The molecule has 2 aromatic carbocycles. The van der Waals surface area contributed by atoms with Crippen LogP contribution in [0.4, 0.5) is 0 Å². The van der Waals surface area contributed by atoms with Gasteiger partial charge in [-0.2, -0.15) is 5.01 Å². The molecule has 1 fully saturated rings. The van der Waals surface area contributed by atoms with Crippen molar-refractivity contribution in [3.63, 3.8) is 0 Å². The first-order valence-corrected chi connectivity index (χ1v) is 10.9. The lowest BCUT2D eigenvalue weighted by Gasteiger charge is -2.30. The molecule has 3 amide bonds. The first-order valence-electron chi connectivity index (χ1n) is 10.2. The van der Waals surface area contributed by atoms with E-state index in [0.717, 1.165) is 15.6 Å². The molecule has 2 aliphatic rings. The standard InChI is InChI=1S/C24H20Cl2N2O4/c1-14-6-11-17-19(12-14)24(32)28(23(17)31)27(22(30)18-4-2-3-5-20(18)26)13-21(29)15-7-9-16(25)10-8-15/h2-10,17,19H,11-13H2,1H3/t17-,19-/m1/s1. The number of hydrogen-bond donors (Lipinski definition) is 0. The molecule has 0 bridgehead atoms. The van der Waals surface area contributed by atoms with Gasteiger partial charge in [0.1, 0.15) is 6.54 Å². The summed E-state index contributed by atoms with van der Waals surface area (Å²) in [6.45, 7) is 1.42. The summed E-state index contributed by atoms with van der Waals surface area (Å²) in [6, 6.07) is 12.5. The van der Waals surface area contributed by atoms with Crippen molar-refractivity contribution in [2.24, 2.45) is 11.8 Å². The molecule has 1 aliphatic heterocycles. The van der Waals surface area contributed by atoms with Crippen LogP contribution in [-0.2, 0) is 9.59 Å². The molecule has 0 aromatic heterocycles. The van der Waals surface area contributed by atoms with E-state index in [-0.39, 0.29) is 10.6 Å². The third-order valence-corrected chi connectivity index (χ3v) is 6.42. The van der Waals surface area contributed by atoms with Gasteiger partial charge in [0, 0.05) is 10.6 Å². The summed E-state index contributed by atoms with van der Waals surface area (Å²) in [5, 5.41) is 2.40. The van der Waals surface area contributed by atoms with E-state index in [0.29, 0.717) is 23.4 Å². The van der Waals surface area contributed by atoms with Crippen LogP contribution in [0.15, 0.2) is 60.2 Å². The molecule has 0 unspecified atom stereocenters. The van der Waals surface area contributed by atoms with E-state index in [2.05, 4.69) is 0 Å². The third-order valence-electron chi connectivity index (χ3n) is 5.84. The summed E-state index contributed by atoms with van der Waals surface area (Å²) >= 11 is 12.1. The Balaban J connectivity index is 1.71. The molecule has 2 aromatic rings. The Morgan fingerprint density at radius 2 is 1.66 bits per heavy atom. The van der Waals surface area contributed by atoms with Gasteiger partial charge in [-0.25, -0.2) is 5.01 Å². The number of Topliss-reactive ketones (excluding diaryl/α,β-unsaturated/α-hetero) is 1. The van der Waals surface area contributed by atoms with Crippen LogP contribution in [0.3, 0.4) is 0 Å². The highest BCUT2D eigenvalue weighted by atomic mass is 35.5. The molecule has 164 valence electrons. The van der Waals surface area contributed by atoms with Crippen molar-refractivity contribution < 1.29 is 19.2 Å². The van der Waals surface area contributed by atoms with Gasteiger partial charge < -0.3 is 0 Å². The number of amides is 3. The van der Waals surface area contributed by atoms with Gasteiger partial charge in [0.25, 0.3) is 17.7 Å². The monoisotopic (exact) mass is 470 g/mol. The maximum Gasteiger partial charge on any atom is 0.274 e. The van der Waals surface area contributed by atoms with Crippen LogP contribution in [-0.4, -0.2) is 40.1 Å². The number of fused-ring (bicyclic) bond motifs is 1. The first kappa shape index (κ1) is 22.2. The molecular weight excluding hydrogens is 451 g/mol. The summed E-state index contributed by atoms with van der Waals surface area (Å²) in [5.74, 6) is -3.17. The summed E-state index contributed by atoms with van der Waals surface area (Å²) in [6.07, 6.45) is 2.82. The van der Waals surface area contributed by atoms with Gasteiger partial charge in [0.2, 0.25) is 0 Å². The summed E-state index contributed by atoms with van der Waals surface area (Å²) in [7, 11) is 0. The number of halogens is 2. The maximum absolute atomic E-state index is 13.4. The predicted molar refractivity (Wildman–Crippen MR) is 120 cm³/mol. The van der Waals surface area contributed by atoms with Gasteiger partial charge in [-0.05, 0) is 56.2 Å². The quantitative estimate of drug-likeness (QED) is 0.364. The Bertz CT molecular complexity index is 1140. The molecule has 1 aliphatic carbocycles. The van der Waals surface area contributed by atoms with Crippen molar-refractivity contribution in [2.75, 3.05) is 6.54 Å². The fourth-order valence-corrected chi connectivity index (χ4v) is 4.47. The first-order chi connectivity index (χ1) is 15.3. The number of carbonyl (C=O) groups excluding carboxylic acids is 4. The summed E-state index contributed by atoms with van der Waals surface area (Å²) < 4.78 is 0. The molecule has 2 atom stereocenters. The van der Waals surface area contributed by atoms with Crippen LogP contribution in [0, 0.1) is 11.8 Å². The number of hydrogen-bond acceptors (Lipinski definition) is 4. The van der Waals surface area contributed by atoms with Gasteiger partial charge in [0.15, 0.2) is 5.78 Å². The van der Waals surface area contributed by atoms with Crippen LogP contribution < -0.4 is 0 Å². The van der Waals surface area contributed by atoms with E-state index in [9.17, 15) is 19.2 Å². The number of nitrogens with zero attached hydrogens (tertiary/aromatic N) is 2. The molecule has 1 saturated heterocycles. The van der Waals surface area contributed by atoms with Gasteiger partial charge in [-0.15, -0.1) is 0 Å². The van der Waals surface area contributed by atoms with Gasteiger partial charge in [-0.1, -0.05) is 47.0 Å². The van der Waals surface area contributed by atoms with E-state index in [4.69, 9.17) is 23.2 Å². The molecule has 0 spiro atoms. The highest BCUT2D eigenvalue weighted by Crippen LogP contribution is 2.38. The smallest absolute Gasteiger partial charge is 0.274 e. The zero-order valence-electron chi connectivity index (χ0n) is 17.3. The molecule has 4 rings (SSSR count). The van der Waals surface area contributed by atoms with Crippen molar-refractivity contribution in [2.45, 2.75) is 19.8 Å². The van der Waals surface area contributed by atoms with Crippen molar-refractivity contribution in [3.05, 3.63) is 81.4 Å². The minimum Gasteiger partial charge on any atom is -0.292 e. The molecule has 32 heavy (non-hydrogen) atoms. The van der Waals surface area contributed by atoms with E-state index >= 15 is 0 Å². The SMILES string of the molecule is CC1=CC[C@H]2C(=O)N(N(CC(=O)c3ccc(Cl)cc3)C(=O)c3ccccc3Cl)C(=O)[C@@H]2C1. The van der Waals surface area contributed by atoms with E-state index in [1.54, 1.807) is 24.3 Å². The van der Waals surface area contributed by atoms with Crippen molar-refractivity contribution >= 4 is 46.7 Å². The minimum atomic E-state index is -0.692. The number of carbonyl (C=O) groups is 4. The normalized spacial score (nSPS) is 20.1. The van der Waals surface area contributed by atoms with Gasteiger partial charge >= 0.3 is 0 Å². The molecular formula is C24H20Cl2N2O4. The predicted octanol–water partition coefficient (Wildman–Crippen LogP) is 4.57. The summed E-state index contributed by atoms with van der Waals surface area (Å²) in [5.41, 5.74) is 1.43. The zero-order valence-corrected chi connectivity index (χ0v) is 18.8. The van der Waals surface area contributed by atoms with Crippen LogP contribution in [0.2, 0.25) is 10.0 Å². The summed E-state index contributed by atoms with van der Waals surface area (Å²) in [4.78, 5) is 52.9. The second-order valence-corrected chi connectivity index (χ2v) is 8.81. The molecule has 1 heterocycles. The topological polar surface area (TPSA) is 74.8 Å². The number of rotatable bonds is 5. The Kier molecular flexibility index (Phi) is 6.17. The van der Waals surface area contributed by atoms with Crippen LogP contribution >= 0.6 is 23.2 Å². The number of allylic oxidation sites excluding steroid dienone is 2. The van der Waals surface area contributed by atoms with Crippen molar-refractivity contribution in [3.8, 4) is 0 Å². The van der Waals surface area contributed by atoms with Gasteiger partial charge in [0.05, 0.1) is 22.4 Å². The van der Waals surface area contributed by atoms with Crippen LogP contribution in [0.1, 0.15) is 40.5 Å². The number of ketones is 1. The lowest BCUT2D eigenvalue weighted by Crippen LogP contribution is -2.52. The van der Waals surface area contributed by atoms with Crippen molar-refractivity contribution in [1.82, 2.24) is 10.0 Å². The van der Waals surface area contributed by atoms with E-state index < -0.39 is 41.9 Å². The largest absolute Gasteiger partial charge is 0.292 e. The molecule has 8 heteroatoms. The van der Waals surface area contributed by atoms with Gasteiger partial charge in [-0.3, -0.25) is 19.2 Å². The van der Waals surface area contributed by atoms with Crippen molar-refractivity contribution in [1.29, 1.82) is 0 Å². The second kappa shape index (κ2) is 8.88. The zero-order chi connectivity index (χ0) is 23.0. The number of hydrazine groups is 1. The maximum atomic E-state index is 13.4. The average Bonchev–Trinajstić information content (AvgIpc) is 3.01. The Labute approximate surface area is 195 Å². The molecule has 0 N–H and O–H groups in total. The highest BCUT2D eigenvalue weighted by molar-refractivity contribution is 6.34. The Morgan fingerprint density at radius 1 is 1.00 bits per heavy atom. The Hall–Kier alpha value is -2.96. The minimum absolute atomic E-state index is 0.0999. The van der Waals surface area contributed by atoms with E-state index in [1.807, 2.05) is 13.0 Å². The Morgan fingerprint density at radius 3 is 2.34 bits per heavy atom. The average molecular weight is 471 g/mol. The molecule has 6 nitrogen and oxygen atoms in total. The fraction of sp³-hybridized carbons (Fsp3) is 0.250. The number of imide groups is 1. The second-order valence-electron chi connectivity index (χ2n) is 7.96. The fourth-order valence-electron chi connectivity index (χ4n) is 4.13. The number of benzene rings is 2. The van der Waals surface area contributed by atoms with Crippen LogP contribution in [0.5, 0.6) is 0 Å². The van der Waals surface area contributed by atoms with E-state index in [1.165, 1.54) is 24.3 Å².